The van der Waals surface area contributed by atoms with E-state index in [1.54, 1.807) is 0 Å². The molecule has 0 aromatic heterocycles. The van der Waals surface area contributed by atoms with Crippen LogP contribution in [0.5, 0.6) is 0 Å². The molecule has 1 fully saturated rings. The van der Waals surface area contributed by atoms with Gasteiger partial charge < -0.3 is 5.32 Å². The number of amides is 1. The van der Waals surface area contributed by atoms with Crippen LogP contribution in [0, 0.1) is 5.41 Å². The Kier molecular flexibility index (Phi) is 5.81. The van der Waals surface area contributed by atoms with E-state index in [2.05, 4.69) is 17.4 Å². The van der Waals surface area contributed by atoms with Gasteiger partial charge in [0.15, 0.2) is 0 Å². The largest absolute Gasteiger partial charge is 0.354 e. The van der Waals surface area contributed by atoms with Gasteiger partial charge in [0, 0.05) is 13.6 Å². The summed E-state index contributed by atoms with van der Waals surface area (Å²) in [6, 6.07) is 10.3. The van der Waals surface area contributed by atoms with Gasteiger partial charge in [-0.3, -0.25) is 4.79 Å². The molecule has 2 rings (SSSR count). The predicted molar refractivity (Wildman–Crippen MR) is 91.5 cm³/mol. The number of rotatable bonds is 7. The smallest absolute Gasteiger partial charge is 0.235 e. The zero-order valence-electron chi connectivity index (χ0n) is 13.9. The first-order valence-corrected chi connectivity index (χ1v) is 9.88. The normalized spacial score (nSPS) is 17.3. The highest BCUT2D eigenvalue weighted by Crippen LogP contribution is 2.40. The Labute approximate surface area is 139 Å². The fourth-order valence-electron chi connectivity index (χ4n) is 3.23. The van der Waals surface area contributed by atoms with Crippen LogP contribution in [0.2, 0.25) is 0 Å². The van der Waals surface area contributed by atoms with Crippen LogP contribution in [0.25, 0.3) is 0 Å². The van der Waals surface area contributed by atoms with E-state index < -0.39 is 10.0 Å². The first kappa shape index (κ1) is 17.9. The number of hydrogen-bond acceptors (Lipinski definition) is 3. The van der Waals surface area contributed by atoms with Crippen molar-refractivity contribution in [2.75, 3.05) is 26.4 Å². The van der Waals surface area contributed by atoms with Crippen LogP contribution in [0.3, 0.4) is 0 Å². The van der Waals surface area contributed by atoms with Crippen LogP contribution in [-0.4, -0.2) is 45.0 Å². The molecule has 0 heterocycles. The second-order valence-corrected chi connectivity index (χ2v) is 8.75. The SMILES string of the molecule is CN(CC(=O)NCC1(Cc2ccccc2)CCCC1)S(C)(=O)=O. The first-order chi connectivity index (χ1) is 10.8. The molecule has 5 nitrogen and oxygen atoms in total. The Morgan fingerprint density at radius 3 is 2.39 bits per heavy atom. The molecule has 0 saturated heterocycles. The Bertz CT molecular complexity index is 622. The minimum atomic E-state index is -3.33. The Morgan fingerprint density at radius 2 is 1.83 bits per heavy atom. The number of nitrogens with one attached hydrogen (secondary N) is 1. The maximum atomic E-state index is 12.0. The molecule has 0 unspecified atom stereocenters. The maximum Gasteiger partial charge on any atom is 0.235 e. The van der Waals surface area contributed by atoms with Gasteiger partial charge in [0.05, 0.1) is 12.8 Å². The molecular weight excluding hydrogens is 312 g/mol. The molecule has 0 atom stereocenters. The summed E-state index contributed by atoms with van der Waals surface area (Å²) in [5.41, 5.74) is 1.39. The van der Waals surface area contributed by atoms with Crippen molar-refractivity contribution in [3.8, 4) is 0 Å². The number of likely N-dealkylation sites (N-methyl/N-ethyl adjacent to an activating group) is 1. The summed E-state index contributed by atoms with van der Waals surface area (Å²) in [5, 5.41) is 2.94. The zero-order chi connectivity index (χ0) is 16.9. The van der Waals surface area contributed by atoms with Crippen molar-refractivity contribution in [1.29, 1.82) is 0 Å². The number of sulfonamides is 1. The molecular formula is C17H26N2O3S. The van der Waals surface area contributed by atoms with E-state index in [0.29, 0.717) is 6.54 Å². The van der Waals surface area contributed by atoms with E-state index in [9.17, 15) is 13.2 Å². The molecule has 6 heteroatoms. The van der Waals surface area contributed by atoms with E-state index in [0.717, 1.165) is 29.8 Å². The van der Waals surface area contributed by atoms with Gasteiger partial charge in [-0.05, 0) is 30.2 Å². The molecule has 1 aliphatic carbocycles. The third-order valence-electron chi connectivity index (χ3n) is 4.68. The molecule has 1 N–H and O–H groups in total. The second kappa shape index (κ2) is 7.45. The van der Waals surface area contributed by atoms with Crippen molar-refractivity contribution < 1.29 is 13.2 Å². The molecule has 1 saturated carbocycles. The van der Waals surface area contributed by atoms with Crippen LogP contribution in [0.15, 0.2) is 30.3 Å². The minimum Gasteiger partial charge on any atom is -0.354 e. The van der Waals surface area contributed by atoms with Gasteiger partial charge in [0.25, 0.3) is 0 Å². The predicted octanol–water partition coefficient (Wildman–Crippen LogP) is 1.80. The van der Waals surface area contributed by atoms with Crippen molar-refractivity contribution in [3.05, 3.63) is 35.9 Å². The van der Waals surface area contributed by atoms with Crippen LogP contribution in [0.1, 0.15) is 31.2 Å². The lowest BCUT2D eigenvalue weighted by molar-refractivity contribution is -0.121. The van der Waals surface area contributed by atoms with E-state index in [-0.39, 0.29) is 17.9 Å². The highest BCUT2D eigenvalue weighted by Gasteiger charge is 2.34. The van der Waals surface area contributed by atoms with E-state index in [4.69, 9.17) is 0 Å². The Balaban J connectivity index is 1.94. The summed E-state index contributed by atoms with van der Waals surface area (Å²) in [5.74, 6) is -0.239. The fraction of sp³-hybridized carbons (Fsp3) is 0.588. The van der Waals surface area contributed by atoms with Crippen molar-refractivity contribution in [1.82, 2.24) is 9.62 Å². The maximum absolute atomic E-state index is 12.0. The summed E-state index contributed by atoms with van der Waals surface area (Å²) in [6.07, 6.45) is 6.64. The van der Waals surface area contributed by atoms with E-state index >= 15 is 0 Å². The fourth-order valence-corrected chi connectivity index (χ4v) is 3.58. The van der Waals surface area contributed by atoms with Gasteiger partial charge in [-0.2, -0.15) is 4.31 Å². The Morgan fingerprint density at radius 1 is 1.22 bits per heavy atom. The summed E-state index contributed by atoms with van der Waals surface area (Å²) in [4.78, 5) is 12.0. The summed E-state index contributed by atoms with van der Waals surface area (Å²) >= 11 is 0. The molecule has 0 spiro atoms. The van der Waals surface area contributed by atoms with Crippen molar-refractivity contribution in [2.24, 2.45) is 5.41 Å². The third kappa shape index (κ3) is 5.32. The average molecular weight is 338 g/mol. The molecule has 1 aliphatic rings. The van der Waals surface area contributed by atoms with Crippen molar-refractivity contribution in [3.63, 3.8) is 0 Å². The molecule has 1 aromatic carbocycles. The quantitative estimate of drug-likeness (QED) is 0.824. The van der Waals surface area contributed by atoms with Crippen LogP contribution in [0.4, 0.5) is 0 Å². The molecule has 1 aromatic rings. The molecule has 0 aliphatic heterocycles. The molecule has 128 valence electrons. The number of hydrogen-bond donors (Lipinski definition) is 1. The summed E-state index contributed by atoms with van der Waals surface area (Å²) < 4.78 is 23.8. The lowest BCUT2D eigenvalue weighted by Gasteiger charge is -2.30. The van der Waals surface area contributed by atoms with Gasteiger partial charge in [0.1, 0.15) is 0 Å². The monoisotopic (exact) mass is 338 g/mol. The van der Waals surface area contributed by atoms with E-state index in [1.165, 1.54) is 25.5 Å². The molecule has 0 bridgehead atoms. The van der Waals surface area contributed by atoms with Gasteiger partial charge in [-0.15, -0.1) is 0 Å². The number of benzene rings is 1. The highest BCUT2D eigenvalue weighted by molar-refractivity contribution is 7.88. The van der Waals surface area contributed by atoms with E-state index in [1.807, 2.05) is 18.2 Å². The first-order valence-electron chi connectivity index (χ1n) is 8.03. The van der Waals surface area contributed by atoms with Gasteiger partial charge in [-0.1, -0.05) is 43.2 Å². The topological polar surface area (TPSA) is 66.5 Å². The lowest BCUT2D eigenvalue weighted by atomic mass is 9.80. The van der Waals surface area contributed by atoms with Gasteiger partial charge >= 0.3 is 0 Å². The number of carbonyl (C=O) groups excluding carboxylic acids is 1. The number of carbonyl (C=O) groups is 1. The van der Waals surface area contributed by atoms with Gasteiger partial charge in [-0.25, -0.2) is 8.42 Å². The summed E-state index contributed by atoms with van der Waals surface area (Å²) in [6.45, 7) is 0.485. The highest BCUT2D eigenvalue weighted by atomic mass is 32.2. The molecule has 1 amide bonds. The lowest BCUT2D eigenvalue weighted by Crippen LogP contribution is -2.42. The van der Waals surface area contributed by atoms with Crippen LogP contribution in [-0.2, 0) is 21.2 Å². The second-order valence-electron chi connectivity index (χ2n) is 6.67. The standard InChI is InChI=1S/C17H26N2O3S/c1-19(23(2,21)22)13-16(20)18-14-17(10-6-7-11-17)12-15-8-4-3-5-9-15/h3-5,8-9H,6-7,10-14H2,1-2H3,(H,18,20). The summed E-state index contributed by atoms with van der Waals surface area (Å²) in [7, 11) is -1.91. The van der Waals surface area contributed by atoms with Gasteiger partial charge in [0.2, 0.25) is 15.9 Å². The van der Waals surface area contributed by atoms with Crippen LogP contribution < -0.4 is 5.32 Å². The third-order valence-corrected chi connectivity index (χ3v) is 5.94. The number of nitrogens with zero attached hydrogens (tertiary/aromatic N) is 1. The van der Waals surface area contributed by atoms with Crippen molar-refractivity contribution >= 4 is 15.9 Å². The average Bonchev–Trinajstić information content (AvgIpc) is 2.94. The molecule has 0 radical (unpaired) electrons. The van der Waals surface area contributed by atoms with Crippen LogP contribution >= 0.6 is 0 Å². The Hall–Kier alpha value is -1.40. The zero-order valence-corrected chi connectivity index (χ0v) is 14.7. The minimum absolute atomic E-state index is 0.0979. The van der Waals surface area contributed by atoms with Crippen molar-refractivity contribution in [2.45, 2.75) is 32.1 Å². The molecule has 23 heavy (non-hydrogen) atoms.